The number of nitrogens with one attached hydrogen (secondary N) is 1. The van der Waals surface area contributed by atoms with Gasteiger partial charge in [-0.25, -0.2) is 15.8 Å². The molecule has 3 N–H and O–H groups in total. The Morgan fingerprint density at radius 1 is 0.912 bits per heavy atom. The van der Waals surface area contributed by atoms with Gasteiger partial charge in [0.1, 0.15) is 17.0 Å². The van der Waals surface area contributed by atoms with Gasteiger partial charge in [0.2, 0.25) is 5.91 Å². The summed E-state index contributed by atoms with van der Waals surface area (Å²) in [5.74, 6) is 5.21. The normalized spacial score (nSPS) is 11.0. The van der Waals surface area contributed by atoms with E-state index < -0.39 is 0 Å². The number of hydrogen-bond acceptors (Lipinski definition) is 5. The van der Waals surface area contributed by atoms with E-state index in [4.69, 9.17) is 10.8 Å². The number of carbonyl (C=O) groups excluding carboxylic acids is 1. The number of nitrogens with two attached hydrogens (primary N) is 1. The second kappa shape index (κ2) is 9.51. The van der Waals surface area contributed by atoms with Crippen LogP contribution in [-0.2, 0) is 4.79 Å². The molecule has 0 bridgehead atoms. The molecular weight excluding hydrogens is 442 g/mol. The van der Waals surface area contributed by atoms with E-state index in [1.165, 1.54) is 17.3 Å². The van der Waals surface area contributed by atoms with Gasteiger partial charge in [-0.15, -0.1) is 0 Å². The molecule has 2 aromatic heterocycles. The average Bonchev–Trinajstić information content (AvgIpc) is 3.24. The lowest BCUT2D eigenvalue weighted by molar-refractivity contribution is -0.118. The molecule has 168 valence electrons. The van der Waals surface area contributed by atoms with E-state index in [0.29, 0.717) is 0 Å². The number of rotatable bonds is 6. The smallest absolute Gasteiger partial charge is 0.244 e. The van der Waals surface area contributed by atoms with Crippen LogP contribution in [-0.4, -0.2) is 26.2 Å². The molecule has 0 atom stereocenters. The van der Waals surface area contributed by atoms with E-state index in [9.17, 15) is 4.79 Å². The first-order valence-corrected chi connectivity index (χ1v) is 11.9. The van der Waals surface area contributed by atoms with Crippen LogP contribution in [0.15, 0.2) is 96.3 Å². The molecule has 5 aromatic rings. The van der Waals surface area contributed by atoms with Crippen molar-refractivity contribution in [1.29, 1.82) is 0 Å². The lowest BCUT2D eigenvalue weighted by atomic mass is 9.99. The number of carbonyl (C=O) groups is 1. The van der Waals surface area contributed by atoms with Gasteiger partial charge < -0.3 is 0 Å². The largest absolute Gasteiger partial charge is 0.294 e. The van der Waals surface area contributed by atoms with Crippen LogP contribution in [0.4, 0.5) is 0 Å². The fraction of sp³-hybridized carbons (Fsp3) is 0.0741. The number of benzene rings is 3. The van der Waals surface area contributed by atoms with Crippen LogP contribution in [0.1, 0.15) is 5.56 Å². The number of aromatic nitrogens is 3. The molecule has 0 saturated heterocycles. The van der Waals surface area contributed by atoms with Crippen LogP contribution < -0.4 is 11.3 Å². The van der Waals surface area contributed by atoms with E-state index in [-0.39, 0.29) is 11.7 Å². The molecule has 34 heavy (non-hydrogen) atoms. The highest BCUT2D eigenvalue weighted by Gasteiger charge is 2.25. The predicted octanol–water partition coefficient (Wildman–Crippen LogP) is 5.14. The Balaban J connectivity index is 1.89. The summed E-state index contributed by atoms with van der Waals surface area (Å²) < 4.78 is 2.18. The van der Waals surface area contributed by atoms with Gasteiger partial charge in [-0.2, -0.15) is 0 Å². The van der Waals surface area contributed by atoms with Crippen LogP contribution in [0.3, 0.4) is 0 Å². The lowest BCUT2D eigenvalue weighted by Gasteiger charge is -2.13. The molecular formula is C27H23N5OS. The Bertz CT molecular complexity index is 1450. The SMILES string of the molecule is Cc1ccc(-n2c(-c3ccccc3)c(-c3ccccc3)c3c(SCC(=O)NN)ncnc32)cc1. The highest BCUT2D eigenvalue weighted by molar-refractivity contribution is 8.00. The molecule has 1 amide bonds. The van der Waals surface area contributed by atoms with Crippen LogP contribution in [0.2, 0.25) is 0 Å². The predicted molar refractivity (Wildman–Crippen MR) is 138 cm³/mol. The monoisotopic (exact) mass is 465 g/mol. The Kier molecular flexibility index (Phi) is 6.12. The number of hydrazine groups is 1. The molecule has 0 aliphatic carbocycles. The van der Waals surface area contributed by atoms with Crippen molar-refractivity contribution < 1.29 is 4.79 Å². The summed E-state index contributed by atoms with van der Waals surface area (Å²) in [6, 6.07) is 28.9. The quantitative estimate of drug-likeness (QED) is 0.119. The molecule has 0 radical (unpaired) electrons. The van der Waals surface area contributed by atoms with Gasteiger partial charge >= 0.3 is 0 Å². The summed E-state index contributed by atoms with van der Waals surface area (Å²) in [5.41, 5.74) is 9.34. The molecule has 0 saturated carbocycles. The highest BCUT2D eigenvalue weighted by atomic mass is 32.2. The minimum Gasteiger partial charge on any atom is -0.294 e. The third-order valence-electron chi connectivity index (χ3n) is 5.62. The van der Waals surface area contributed by atoms with Crippen molar-refractivity contribution >= 4 is 28.7 Å². The zero-order valence-electron chi connectivity index (χ0n) is 18.6. The minimum atomic E-state index is -0.265. The Labute approximate surface area is 201 Å². The van der Waals surface area contributed by atoms with E-state index in [0.717, 1.165) is 44.1 Å². The maximum atomic E-state index is 11.9. The van der Waals surface area contributed by atoms with Gasteiger partial charge in [-0.05, 0) is 30.2 Å². The Hall–Kier alpha value is -3.94. The highest BCUT2D eigenvalue weighted by Crippen LogP contribution is 2.44. The third kappa shape index (κ3) is 4.07. The lowest BCUT2D eigenvalue weighted by Crippen LogP contribution is -2.31. The third-order valence-corrected chi connectivity index (χ3v) is 6.61. The van der Waals surface area contributed by atoms with E-state index >= 15 is 0 Å². The fourth-order valence-corrected chi connectivity index (χ4v) is 4.88. The van der Waals surface area contributed by atoms with Crippen molar-refractivity contribution in [1.82, 2.24) is 20.0 Å². The number of thioether (sulfide) groups is 1. The molecule has 0 aliphatic heterocycles. The Morgan fingerprint density at radius 2 is 1.56 bits per heavy atom. The van der Waals surface area contributed by atoms with E-state index in [1.807, 2.05) is 36.4 Å². The molecule has 0 fully saturated rings. The fourth-order valence-electron chi connectivity index (χ4n) is 4.07. The summed E-state index contributed by atoms with van der Waals surface area (Å²) in [4.78, 5) is 21.2. The number of amides is 1. The van der Waals surface area contributed by atoms with Crippen LogP contribution in [0, 0.1) is 6.92 Å². The van der Waals surface area contributed by atoms with Crippen LogP contribution in [0.25, 0.3) is 39.1 Å². The molecule has 7 heteroatoms. The second-order valence-corrected chi connectivity index (χ2v) is 8.82. The standard InChI is InChI=1S/C27H23N5OS/c1-18-12-14-21(15-13-18)32-25(20-10-6-3-7-11-20)23(19-8-4-2-5-9-19)24-26(32)29-17-30-27(24)34-16-22(33)31-28/h2-15,17H,16,28H2,1H3,(H,31,33). The second-order valence-electron chi connectivity index (χ2n) is 7.86. The molecule has 2 heterocycles. The topological polar surface area (TPSA) is 85.8 Å². The van der Waals surface area contributed by atoms with Crippen LogP contribution in [0.5, 0.6) is 0 Å². The van der Waals surface area contributed by atoms with Gasteiger partial charge in [-0.1, -0.05) is 90.1 Å². The summed E-state index contributed by atoms with van der Waals surface area (Å²) in [5, 5.41) is 1.64. The zero-order valence-corrected chi connectivity index (χ0v) is 19.4. The van der Waals surface area contributed by atoms with E-state index in [1.54, 1.807) is 6.33 Å². The van der Waals surface area contributed by atoms with Crippen molar-refractivity contribution in [2.45, 2.75) is 11.9 Å². The molecule has 6 nitrogen and oxygen atoms in total. The summed E-state index contributed by atoms with van der Waals surface area (Å²) in [7, 11) is 0. The number of hydrogen-bond donors (Lipinski definition) is 2. The maximum absolute atomic E-state index is 11.9. The molecule has 0 unspecified atom stereocenters. The summed E-state index contributed by atoms with van der Waals surface area (Å²) >= 11 is 1.35. The first-order chi connectivity index (χ1) is 16.7. The summed E-state index contributed by atoms with van der Waals surface area (Å²) in [6.07, 6.45) is 1.55. The van der Waals surface area contributed by atoms with Gasteiger partial charge in [-0.3, -0.25) is 14.8 Å². The molecule has 0 spiro atoms. The summed E-state index contributed by atoms with van der Waals surface area (Å²) in [6.45, 7) is 2.07. The van der Waals surface area contributed by atoms with Crippen molar-refractivity contribution in [3.8, 4) is 28.1 Å². The van der Waals surface area contributed by atoms with E-state index in [2.05, 4.69) is 70.4 Å². The maximum Gasteiger partial charge on any atom is 0.244 e. The first-order valence-electron chi connectivity index (χ1n) is 10.9. The van der Waals surface area contributed by atoms with Gasteiger partial charge in [0, 0.05) is 11.3 Å². The number of nitrogens with zero attached hydrogens (tertiary/aromatic N) is 3. The minimum absolute atomic E-state index is 0.160. The molecule has 5 rings (SSSR count). The molecule has 0 aliphatic rings. The van der Waals surface area contributed by atoms with Gasteiger partial charge in [0.25, 0.3) is 0 Å². The van der Waals surface area contributed by atoms with Crippen molar-refractivity contribution in [2.75, 3.05) is 5.75 Å². The van der Waals surface area contributed by atoms with Crippen molar-refractivity contribution in [3.05, 3.63) is 96.8 Å². The van der Waals surface area contributed by atoms with Gasteiger partial charge in [0.05, 0.1) is 16.8 Å². The Morgan fingerprint density at radius 3 is 2.21 bits per heavy atom. The van der Waals surface area contributed by atoms with Crippen molar-refractivity contribution in [2.24, 2.45) is 5.84 Å². The molecule has 3 aromatic carbocycles. The first kappa shape index (κ1) is 21.9. The zero-order chi connectivity index (χ0) is 23.5. The number of fused-ring (bicyclic) bond motifs is 1. The van der Waals surface area contributed by atoms with Crippen molar-refractivity contribution in [3.63, 3.8) is 0 Å². The average molecular weight is 466 g/mol. The van der Waals surface area contributed by atoms with Gasteiger partial charge in [0.15, 0.2) is 0 Å². The van der Waals surface area contributed by atoms with Crippen LogP contribution >= 0.6 is 11.8 Å². The number of aryl methyl sites for hydroxylation is 1.